The largest absolute Gasteiger partial charge is 0.465 e. The average Bonchev–Trinajstić information content (AvgIpc) is 2.85. The van der Waals surface area contributed by atoms with Gasteiger partial charge in [-0.2, -0.15) is 26.3 Å². The van der Waals surface area contributed by atoms with Crippen LogP contribution in [0.15, 0.2) is 0 Å². The summed E-state index contributed by atoms with van der Waals surface area (Å²) in [6, 6.07) is 0. The van der Waals surface area contributed by atoms with Crippen molar-refractivity contribution in [1.82, 2.24) is 0 Å². The summed E-state index contributed by atoms with van der Waals surface area (Å²) in [5.74, 6) is -1.94. The number of rotatable bonds is 4. The van der Waals surface area contributed by atoms with E-state index in [2.05, 4.69) is 4.74 Å². The maximum atomic E-state index is 13.2. The Morgan fingerprint density at radius 2 is 1.57 bits per heavy atom. The van der Waals surface area contributed by atoms with Crippen LogP contribution in [0, 0.1) is 5.41 Å². The number of alkyl halides is 6. The molecule has 1 saturated carbocycles. The Hall–Kier alpha value is -0.773. The standard InChI is InChI=1S/C11H16F6O3Si/c1-5-19-7(18)8(10(12,13)14)6-9(8,11(15,16)17)20-21(2,3)4/h5-6H2,1-4H3/t8-,9+/m1/s1. The van der Waals surface area contributed by atoms with Crippen molar-refractivity contribution >= 4 is 14.3 Å². The van der Waals surface area contributed by atoms with Crippen molar-refractivity contribution in [3.05, 3.63) is 0 Å². The van der Waals surface area contributed by atoms with Gasteiger partial charge in [-0.05, 0) is 26.6 Å². The Kier molecular flexibility index (Phi) is 4.24. The lowest BCUT2D eigenvalue weighted by Crippen LogP contribution is -2.53. The minimum absolute atomic E-state index is 0.447. The first-order valence-corrected chi connectivity index (χ1v) is 9.56. The molecule has 0 aliphatic heterocycles. The summed E-state index contributed by atoms with van der Waals surface area (Å²) in [6.45, 7) is 4.75. The van der Waals surface area contributed by atoms with E-state index in [1.54, 1.807) is 0 Å². The summed E-state index contributed by atoms with van der Waals surface area (Å²) in [5, 5.41) is 0. The minimum atomic E-state index is -5.41. The van der Waals surface area contributed by atoms with Crippen molar-refractivity contribution in [1.29, 1.82) is 0 Å². The predicted octanol–water partition coefficient (Wildman–Crippen LogP) is 3.65. The van der Waals surface area contributed by atoms with Crippen molar-refractivity contribution in [2.45, 2.75) is 50.9 Å². The van der Waals surface area contributed by atoms with Crippen LogP contribution in [0.4, 0.5) is 26.3 Å². The van der Waals surface area contributed by atoms with E-state index >= 15 is 0 Å². The molecule has 1 rings (SSSR count). The number of ether oxygens (including phenoxy) is 1. The van der Waals surface area contributed by atoms with E-state index in [-0.39, 0.29) is 0 Å². The van der Waals surface area contributed by atoms with Gasteiger partial charge in [0.2, 0.25) is 5.41 Å². The Balaban J connectivity index is 3.38. The molecule has 0 aromatic heterocycles. The van der Waals surface area contributed by atoms with Crippen molar-refractivity contribution in [3.63, 3.8) is 0 Å². The zero-order valence-electron chi connectivity index (χ0n) is 11.9. The lowest BCUT2D eigenvalue weighted by atomic mass is 10.0. The third-order valence-electron chi connectivity index (χ3n) is 3.12. The summed E-state index contributed by atoms with van der Waals surface area (Å²) < 4.78 is 88.4. The molecule has 0 bridgehead atoms. The van der Waals surface area contributed by atoms with Crippen LogP contribution in [-0.2, 0) is 14.0 Å². The van der Waals surface area contributed by atoms with Gasteiger partial charge in [0.15, 0.2) is 13.9 Å². The number of carbonyl (C=O) groups excluding carboxylic acids is 1. The molecule has 124 valence electrons. The van der Waals surface area contributed by atoms with Gasteiger partial charge in [0, 0.05) is 6.42 Å². The molecule has 0 aromatic rings. The fourth-order valence-corrected chi connectivity index (χ4v) is 3.72. The number of carbonyl (C=O) groups is 1. The third kappa shape index (κ3) is 2.79. The first kappa shape index (κ1) is 18.3. The second kappa shape index (κ2) is 4.87. The summed E-state index contributed by atoms with van der Waals surface area (Å²) in [6.07, 6.45) is -12.2. The van der Waals surface area contributed by atoms with Gasteiger partial charge in [0.05, 0.1) is 6.61 Å². The molecule has 10 heteroatoms. The molecular formula is C11H16F6O3Si. The Labute approximate surface area is 118 Å². The first-order chi connectivity index (χ1) is 9.15. The van der Waals surface area contributed by atoms with Gasteiger partial charge in [0.25, 0.3) is 0 Å². The van der Waals surface area contributed by atoms with E-state index in [0.717, 1.165) is 0 Å². The molecule has 21 heavy (non-hydrogen) atoms. The summed E-state index contributed by atoms with van der Waals surface area (Å²) in [4.78, 5) is 11.6. The summed E-state index contributed by atoms with van der Waals surface area (Å²) in [7, 11) is -3.00. The highest BCUT2D eigenvalue weighted by atomic mass is 28.4. The molecule has 0 N–H and O–H groups in total. The second-order valence-corrected chi connectivity index (χ2v) is 10.3. The number of hydrogen-bond donors (Lipinski definition) is 0. The normalized spacial score (nSPS) is 30.2. The number of halogens is 6. The smallest absolute Gasteiger partial charge is 0.417 e. The van der Waals surface area contributed by atoms with Crippen LogP contribution < -0.4 is 0 Å². The summed E-state index contributed by atoms with van der Waals surface area (Å²) >= 11 is 0. The molecule has 1 aliphatic carbocycles. The highest BCUT2D eigenvalue weighted by Crippen LogP contribution is 2.73. The highest BCUT2D eigenvalue weighted by molar-refractivity contribution is 6.69. The molecule has 1 fully saturated rings. The lowest BCUT2D eigenvalue weighted by molar-refractivity contribution is -0.270. The van der Waals surface area contributed by atoms with Crippen LogP contribution in [0.5, 0.6) is 0 Å². The van der Waals surface area contributed by atoms with Gasteiger partial charge in [-0.1, -0.05) is 0 Å². The SMILES string of the molecule is CCOC(=O)[C@]1(C(F)(F)F)C[C@@]1(O[Si](C)(C)C)C(F)(F)F. The Bertz CT molecular complexity index is 427. The van der Waals surface area contributed by atoms with Crippen molar-refractivity contribution in [2.24, 2.45) is 5.41 Å². The van der Waals surface area contributed by atoms with Gasteiger partial charge in [-0.3, -0.25) is 4.79 Å². The van der Waals surface area contributed by atoms with Crippen molar-refractivity contribution in [3.8, 4) is 0 Å². The number of hydrogen-bond acceptors (Lipinski definition) is 3. The molecule has 0 aromatic carbocycles. The molecule has 0 heterocycles. The van der Waals surface area contributed by atoms with Gasteiger partial charge in [0.1, 0.15) is 0 Å². The highest BCUT2D eigenvalue weighted by Gasteiger charge is 2.94. The molecule has 0 radical (unpaired) electrons. The quantitative estimate of drug-likeness (QED) is 0.446. The predicted molar refractivity (Wildman–Crippen MR) is 63.0 cm³/mol. The van der Waals surface area contributed by atoms with Crippen LogP contribution in [-0.4, -0.2) is 38.8 Å². The minimum Gasteiger partial charge on any atom is -0.465 e. The van der Waals surface area contributed by atoms with Crippen LogP contribution in [0.2, 0.25) is 19.6 Å². The molecule has 0 saturated heterocycles. The van der Waals surface area contributed by atoms with E-state index < -0.39 is 50.7 Å². The lowest BCUT2D eigenvalue weighted by Gasteiger charge is -2.33. The van der Waals surface area contributed by atoms with Crippen molar-refractivity contribution in [2.75, 3.05) is 6.61 Å². The van der Waals surface area contributed by atoms with E-state index in [1.165, 1.54) is 26.6 Å². The molecule has 0 unspecified atom stereocenters. The Morgan fingerprint density at radius 1 is 1.10 bits per heavy atom. The van der Waals surface area contributed by atoms with Crippen LogP contribution >= 0.6 is 0 Å². The molecule has 0 amide bonds. The van der Waals surface area contributed by atoms with E-state index in [4.69, 9.17) is 4.43 Å². The maximum Gasteiger partial charge on any atom is 0.417 e. The van der Waals surface area contributed by atoms with Crippen molar-refractivity contribution < 1.29 is 40.3 Å². The van der Waals surface area contributed by atoms with Crippen LogP contribution in [0.1, 0.15) is 13.3 Å². The monoisotopic (exact) mass is 338 g/mol. The molecule has 3 nitrogen and oxygen atoms in total. The third-order valence-corrected chi connectivity index (χ3v) is 4.09. The molecule has 0 spiro atoms. The zero-order chi connectivity index (χ0) is 16.9. The zero-order valence-corrected chi connectivity index (χ0v) is 12.9. The maximum absolute atomic E-state index is 13.2. The summed E-state index contributed by atoms with van der Waals surface area (Å²) in [5.41, 5.74) is -7.22. The molecule has 2 atom stereocenters. The Morgan fingerprint density at radius 3 is 1.86 bits per heavy atom. The van der Waals surface area contributed by atoms with Gasteiger partial charge >= 0.3 is 18.3 Å². The second-order valence-electron chi connectivity index (χ2n) is 5.84. The fraction of sp³-hybridized carbons (Fsp3) is 0.909. The van der Waals surface area contributed by atoms with Gasteiger partial charge in [-0.25, -0.2) is 0 Å². The van der Waals surface area contributed by atoms with Crippen LogP contribution in [0.25, 0.3) is 0 Å². The topological polar surface area (TPSA) is 35.5 Å². The molecule has 1 aliphatic rings. The van der Waals surface area contributed by atoms with E-state index in [0.29, 0.717) is 0 Å². The average molecular weight is 338 g/mol. The fourth-order valence-electron chi connectivity index (χ4n) is 2.31. The van der Waals surface area contributed by atoms with E-state index in [1.807, 2.05) is 0 Å². The van der Waals surface area contributed by atoms with E-state index in [9.17, 15) is 31.1 Å². The first-order valence-electron chi connectivity index (χ1n) is 6.15. The van der Waals surface area contributed by atoms with Gasteiger partial charge in [-0.15, -0.1) is 0 Å². The molecular weight excluding hydrogens is 322 g/mol. The van der Waals surface area contributed by atoms with Crippen LogP contribution in [0.3, 0.4) is 0 Å². The number of esters is 1. The van der Waals surface area contributed by atoms with Gasteiger partial charge < -0.3 is 9.16 Å².